The van der Waals surface area contributed by atoms with Gasteiger partial charge in [0.15, 0.2) is 0 Å². The molecular weight excluding hydrogens is 132 g/mol. The molecule has 0 radical (unpaired) electrons. The van der Waals surface area contributed by atoms with Crippen molar-refractivity contribution in [2.24, 2.45) is 0 Å². The lowest BCUT2D eigenvalue weighted by Crippen LogP contribution is -1.97. The Labute approximate surface area is 62.3 Å². The molecule has 0 rings (SSSR count). The second-order valence-electron chi connectivity index (χ2n) is 1.66. The third kappa shape index (κ3) is 15.7. The van der Waals surface area contributed by atoms with Crippen molar-refractivity contribution in [1.29, 1.82) is 0 Å². The van der Waals surface area contributed by atoms with E-state index < -0.39 is 6.16 Å². The summed E-state index contributed by atoms with van der Waals surface area (Å²) in [6.45, 7) is 4.36. The van der Waals surface area contributed by atoms with E-state index in [9.17, 15) is 4.79 Å². The highest BCUT2D eigenvalue weighted by atomic mass is 16.7. The van der Waals surface area contributed by atoms with Crippen LogP contribution in [0.1, 0.15) is 26.7 Å². The van der Waals surface area contributed by atoms with Crippen LogP contribution >= 0.6 is 0 Å². The summed E-state index contributed by atoms with van der Waals surface area (Å²) in [6, 6.07) is 0. The minimum absolute atomic E-state index is 0.657. The predicted octanol–water partition coefficient (Wildman–Crippen LogP) is 2.21. The van der Waals surface area contributed by atoms with Gasteiger partial charge in [-0.2, -0.15) is 0 Å². The fourth-order valence-corrected chi connectivity index (χ4v) is 0.0833. The zero-order chi connectivity index (χ0) is 8.41. The molecule has 62 valence electrons. The van der Waals surface area contributed by atoms with Gasteiger partial charge in [0.1, 0.15) is 0 Å². The first-order valence-corrected chi connectivity index (χ1v) is 3.34. The standard InChI is InChI=1S/C4H10.C3H6O3/c1-3-4-2;1-5-3(4)6-2/h3-4H2,1-2H3;1-2H3. The topological polar surface area (TPSA) is 35.5 Å². The molecule has 0 heterocycles. The monoisotopic (exact) mass is 148 g/mol. The second-order valence-corrected chi connectivity index (χ2v) is 1.66. The van der Waals surface area contributed by atoms with E-state index in [0.717, 1.165) is 0 Å². The number of carbonyl (C=O) groups is 1. The summed E-state index contributed by atoms with van der Waals surface area (Å²) in [4.78, 5) is 9.74. The fourth-order valence-electron chi connectivity index (χ4n) is 0.0833. The lowest BCUT2D eigenvalue weighted by Gasteiger charge is -1.89. The van der Waals surface area contributed by atoms with E-state index in [-0.39, 0.29) is 0 Å². The smallest absolute Gasteiger partial charge is 0.438 e. The SMILES string of the molecule is CCCC.COC(=O)OC. The van der Waals surface area contributed by atoms with Crippen molar-refractivity contribution in [3.8, 4) is 0 Å². The summed E-state index contributed by atoms with van der Waals surface area (Å²) < 4.78 is 8.08. The van der Waals surface area contributed by atoms with Crippen LogP contribution in [0.15, 0.2) is 0 Å². The van der Waals surface area contributed by atoms with Gasteiger partial charge in [-0.25, -0.2) is 4.79 Å². The number of hydrogen-bond acceptors (Lipinski definition) is 3. The first-order chi connectivity index (χ1) is 4.72. The molecule has 3 heteroatoms. The maximum Gasteiger partial charge on any atom is 0.507 e. The van der Waals surface area contributed by atoms with Crippen molar-refractivity contribution in [2.45, 2.75) is 26.7 Å². The van der Waals surface area contributed by atoms with Crippen LogP contribution in [-0.4, -0.2) is 20.4 Å². The molecule has 0 aliphatic heterocycles. The van der Waals surface area contributed by atoms with Gasteiger partial charge in [0, 0.05) is 0 Å². The van der Waals surface area contributed by atoms with Crippen LogP contribution in [0.25, 0.3) is 0 Å². The van der Waals surface area contributed by atoms with E-state index in [0.29, 0.717) is 0 Å². The second kappa shape index (κ2) is 11.1. The van der Waals surface area contributed by atoms with Crippen molar-refractivity contribution in [3.63, 3.8) is 0 Å². The summed E-state index contributed by atoms with van der Waals surface area (Å²) >= 11 is 0. The third-order valence-electron chi connectivity index (χ3n) is 0.833. The molecular formula is C7H16O3. The minimum Gasteiger partial charge on any atom is -0.438 e. The highest BCUT2D eigenvalue weighted by Gasteiger charge is 1.88. The van der Waals surface area contributed by atoms with Crippen LogP contribution in [0.5, 0.6) is 0 Å². The van der Waals surface area contributed by atoms with E-state index in [1.54, 1.807) is 0 Å². The molecule has 0 aliphatic rings. The van der Waals surface area contributed by atoms with Crippen LogP contribution < -0.4 is 0 Å². The molecule has 0 aromatic rings. The lowest BCUT2D eigenvalue weighted by atomic mass is 10.4. The number of hydrogen-bond donors (Lipinski definition) is 0. The van der Waals surface area contributed by atoms with Gasteiger partial charge in [-0.3, -0.25) is 0 Å². The van der Waals surface area contributed by atoms with Crippen LogP contribution in [0.3, 0.4) is 0 Å². The van der Waals surface area contributed by atoms with Gasteiger partial charge in [-0.1, -0.05) is 26.7 Å². The molecule has 10 heavy (non-hydrogen) atoms. The Kier molecular flexibility index (Phi) is 13.3. The molecule has 3 nitrogen and oxygen atoms in total. The molecule has 0 N–H and O–H groups in total. The van der Waals surface area contributed by atoms with Crippen molar-refractivity contribution in [1.82, 2.24) is 0 Å². The summed E-state index contributed by atoms with van der Waals surface area (Å²) in [5.74, 6) is 0. The van der Waals surface area contributed by atoms with Gasteiger partial charge in [-0.05, 0) is 0 Å². The van der Waals surface area contributed by atoms with Crippen molar-refractivity contribution in [2.75, 3.05) is 14.2 Å². The maximum absolute atomic E-state index is 9.74. The van der Waals surface area contributed by atoms with Gasteiger partial charge in [0.05, 0.1) is 14.2 Å². The summed E-state index contributed by atoms with van der Waals surface area (Å²) in [5, 5.41) is 0. The Morgan fingerprint density at radius 2 is 1.40 bits per heavy atom. The molecule has 0 saturated heterocycles. The third-order valence-corrected chi connectivity index (χ3v) is 0.833. The largest absolute Gasteiger partial charge is 0.507 e. The number of rotatable bonds is 1. The summed E-state index contributed by atoms with van der Waals surface area (Å²) in [7, 11) is 2.51. The van der Waals surface area contributed by atoms with Gasteiger partial charge in [0.2, 0.25) is 0 Å². The quantitative estimate of drug-likeness (QED) is 0.535. The van der Waals surface area contributed by atoms with Crippen LogP contribution in [0.4, 0.5) is 4.79 Å². The Hall–Kier alpha value is -0.730. The molecule has 0 spiro atoms. The normalized spacial score (nSPS) is 7.20. The minimum atomic E-state index is -0.657. The number of ether oxygens (including phenoxy) is 2. The van der Waals surface area contributed by atoms with E-state index >= 15 is 0 Å². The zero-order valence-corrected chi connectivity index (χ0v) is 7.14. The number of unbranched alkanes of at least 4 members (excludes halogenated alkanes) is 1. The van der Waals surface area contributed by atoms with E-state index in [1.165, 1.54) is 27.1 Å². The van der Waals surface area contributed by atoms with Crippen molar-refractivity contribution < 1.29 is 14.3 Å². The van der Waals surface area contributed by atoms with E-state index in [1.807, 2.05) is 0 Å². The first kappa shape index (κ1) is 12.0. The lowest BCUT2D eigenvalue weighted by molar-refractivity contribution is 0.0924. The average molecular weight is 148 g/mol. The van der Waals surface area contributed by atoms with Crippen LogP contribution in [-0.2, 0) is 9.47 Å². The van der Waals surface area contributed by atoms with Crippen LogP contribution in [0.2, 0.25) is 0 Å². The predicted molar refractivity (Wildman–Crippen MR) is 40.0 cm³/mol. The molecule has 0 aromatic carbocycles. The molecule has 0 atom stereocenters. The Morgan fingerprint density at radius 3 is 1.40 bits per heavy atom. The molecule has 0 saturated carbocycles. The van der Waals surface area contributed by atoms with Crippen LogP contribution in [0, 0.1) is 0 Å². The molecule has 0 aromatic heterocycles. The first-order valence-electron chi connectivity index (χ1n) is 3.34. The highest BCUT2D eigenvalue weighted by molar-refractivity contribution is 5.59. The summed E-state index contributed by atoms with van der Waals surface area (Å²) in [6.07, 6.45) is 1.98. The van der Waals surface area contributed by atoms with Crippen molar-refractivity contribution >= 4 is 6.16 Å². The molecule has 0 amide bonds. The average Bonchev–Trinajstić information content (AvgIpc) is 2.03. The fraction of sp³-hybridized carbons (Fsp3) is 0.857. The zero-order valence-electron chi connectivity index (χ0n) is 7.14. The highest BCUT2D eigenvalue weighted by Crippen LogP contribution is 1.76. The van der Waals surface area contributed by atoms with Gasteiger partial charge < -0.3 is 9.47 Å². The van der Waals surface area contributed by atoms with Crippen molar-refractivity contribution in [3.05, 3.63) is 0 Å². The maximum atomic E-state index is 9.74. The van der Waals surface area contributed by atoms with Gasteiger partial charge in [-0.15, -0.1) is 0 Å². The Bertz CT molecular complexity index is 63.3. The Morgan fingerprint density at radius 1 is 1.10 bits per heavy atom. The molecule has 0 unspecified atom stereocenters. The van der Waals surface area contributed by atoms with E-state index in [2.05, 4.69) is 23.3 Å². The van der Waals surface area contributed by atoms with E-state index in [4.69, 9.17) is 0 Å². The number of methoxy groups -OCH3 is 2. The number of carbonyl (C=O) groups excluding carboxylic acids is 1. The van der Waals surface area contributed by atoms with Gasteiger partial charge >= 0.3 is 6.16 Å². The van der Waals surface area contributed by atoms with Gasteiger partial charge in [0.25, 0.3) is 0 Å². The Balaban J connectivity index is 0. The summed E-state index contributed by atoms with van der Waals surface area (Å²) in [5.41, 5.74) is 0. The molecule has 0 aliphatic carbocycles. The molecule has 0 fully saturated rings. The molecule has 0 bridgehead atoms.